The Morgan fingerprint density at radius 3 is 2.02 bits per heavy atom. The molecule has 0 unspecified atom stereocenters. The first-order chi connectivity index (χ1) is 18.8. The van der Waals surface area contributed by atoms with Crippen molar-refractivity contribution in [3.8, 4) is 5.75 Å². The van der Waals surface area contributed by atoms with E-state index in [-0.39, 0.29) is 33.2 Å². The minimum atomic E-state index is -1.10. The third kappa shape index (κ3) is 5.60. The van der Waals surface area contributed by atoms with Crippen molar-refractivity contribution in [3.05, 3.63) is 87.2 Å². The Kier molecular flexibility index (Phi) is 7.43. The molecule has 0 aromatic heterocycles. The fourth-order valence-electron chi connectivity index (χ4n) is 6.49. The number of Topliss-reactive ketones (excluding diaryl/α,β-unsaturated/α-hetero) is 2. The molecular weight excluding hydrogens is 526 g/mol. The van der Waals surface area contributed by atoms with Crippen LogP contribution < -0.4 is 4.74 Å². The first-order valence-electron chi connectivity index (χ1n) is 13.8. The molecular formula is C33H36ClNO5. The molecule has 2 aliphatic carbocycles. The van der Waals surface area contributed by atoms with Crippen molar-refractivity contribution in [2.24, 2.45) is 10.8 Å². The number of benzene rings is 2. The zero-order valence-electron chi connectivity index (χ0n) is 23.6. The number of allylic oxidation sites excluding steroid dienone is 4. The van der Waals surface area contributed by atoms with Gasteiger partial charge in [0.2, 0.25) is 0 Å². The highest BCUT2D eigenvalue weighted by Crippen LogP contribution is 2.54. The van der Waals surface area contributed by atoms with Crippen LogP contribution >= 0.6 is 11.6 Å². The molecule has 0 bridgehead atoms. The predicted molar refractivity (Wildman–Crippen MR) is 154 cm³/mol. The SMILES string of the molecule is CC1(C)CC(=O)C2=C(C1)N(CCc1ccccc1)C1=C(C(=O)CC(C)(C)C1)C2c1ccc(OCC(=O)O)c(Cl)c1. The quantitative estimate of drug-likeness (QED) is 0.403. The van der Waals surface area contributed by atoms with E-state index in [1.165, 1.54) is 5.56 Å². The third-order valence-corrected chi connectivity index (χ3v) is 8.42. The van der Waals surface area contributed by atoms with Crippen LogP contribution in [0.1, 0.15) is 70.4 Å². The average molecular weight is 562 g/mol. The maximum atomic E-state index is 13.9. The molecule has 2 aromatic rings. The number of rotatable bonds is 7. The maximum absolute atomic E-state index is 13.9. The molecule has 1 N–H and O–H groups in total. The lowest BCUT2D eigenvalue weighted by Crippen LogP contribution is -2.45. The van der Waals surface area contributed by atoms with Gasteiger partial charge >= 0.3 is 5.97 Å². The second-order valence-electron chi connectivity index (χ2n) is 12.8. The number of hydrogen-bond acceptors (Lipinski definition) is 5. The van der Waals surface area contributed by atoms with Gasteiger partial charge in [-0.1, -0.05) is 75.7 Å². The highest BCUT2D eigenvalue weighted by molar-refractivity contribution is 6.32. The highest BCUT2D eigenvalue weighted by atomic mass is 35.5. The first-order valence-corrected chi connectivity index (χ1v) is 14.2. The van der Waals surface area contributed by atoms with Gasteiger partial charge in [-0.05, 0) is 53.4 Å². The van der Waals surface area contributed by atoms with Crippen LogP contribution in [0.25, 0.3) is 0 Å². The van der Waals surface area contributed by atoms with Crippen molar-refractivity contribution >= 4 is 29.1 Å². The summed E-state index contributed by atoms with van der Waals surface area (Å²) in [5.41, 5.74) is 4.94. The van der Waals surface area contributed by atoms with Crippen molar-refractivity contribution in [2.45, 2.75) is 65.7 Å². The van der Waals surface area contributed by atoms with Gasteiger partial charge in [0.1, 0.15) is 5.75 Å². The summed E-state index contributed by atoms with van der Waals surface area (Å²) >= 11 is 6.56. The molecule has 210 valence electrons. The summed E-state index contributed by atoms with van der Waals surface area (Å²) in [4.78, 5) is 41.2. The summed E-state index contributed by atoms with van der Waals surface area (Å²) in [6.45, 7) is 8.69. The van der Waals surface area contributed by atoms with Crippen LogP contribution in [0.15, 0.2) is 71.1 Å². The standard InChI is InChI=1S/C33H36ClNO5/c1-32(2)15-23-30(25(36)17-32)29(21-10-11-27(22(34)14-21)40-19-28(38)39)31-24(16-33(3,4)18-26(31)37)35(23)13-12-20-8-6-5-7-9-20/h5-11,14,29H,12-13,15-19H2,1-4H3,(H,38,39). The monoisotopic (exact) mass is 561 g/mol. The van der Waals surface area contributed by atoms with Crippen molar-refractivity contribution < 1.29 is 24.2 Å². The van der Waals surface area contributed by atoms with Crippen molar-refractivity contribution in [2.75, 3.05) is 13.2 Å². The van der Waals surface area contributed by atoms with Gasteiger partial charge in [-0.25, -0.2) is 4.79 Å². The molecule has 0 spiro atoms. The predicted octanol–water partition coefficient (Wildman–Crippen LogP) is 6.73. The smallest absolute Gasteiger partial charge is 0.341 e. The largest absolute Gasteiger partial charge is 0.480 e. The molecule has 1 aliphatic heterocycles. The fourth-order valence-corrected chi connectivity index (χ4v) is 6.73. The van der Waals surface area contributed by atoms with Crippen LogP contribution in [-0.2, 0) is 20.8 Å². The number of halogens is 1. The molecule has 0 saturated carbocycles. The van der Waals surface area contributed by atoms with Crippen molar-refractivity contribution in [1.29, 1.82) is 0 Å². The minimum Gasteiger partial charge on any atom is -0.480 e. The van der Waals surface area contributed by atoms with Crippen LogP contribution in [0.5, 0.6) is 5.75 Å². The number of carbonyl (C=O) groups is 3. The number of aliphatic carboxylic acids is 1. The molecule has 0 radical (unpaired) electrons. The average Bonchev–Trinajstić information content (AvgIpc) is 2.85. The van der Waals surface area contributed by atoms with Crippen LogP contribution in [-0.4, -0.2) is 40.7 Å². The Bertz CT molecular complexity index is 1380. The van der Waals surface area contributed by atoms with Gasteiger partial charge < -0.3 is 14.7 Å². The lowest BCUT2D eigenvalue weighted by Gasteiger charge is -2.49. The van der Waals surface area contributed by atoms with Gasteiger partial charge in [-0.3, -0.25) is 9.59 Å². The summed E-state index contributed by atoms with van der Waals surface area (Å²) in [6, 6.07) is 15.5. The number of nitrogens with zero attached hydrogens (tertiary/aromatic N) is 1. The molecule has 0 amide bonds. The van der Waals surface area contributed by atoms with Crippen LogP contribution in [0.3, 0.4) is 0 Å². The Morgan fingerprint density at radius 1 is 0.925 bits per heavy atom. The summed E-state index contributed by atoms with van der Waals surface area (Å²) in [7, 11) is 0. The second-order valence-corrected chi connectivity index (χ2v) is 13.2. The second kappa shape index (κ2) is 10.5. The van der Waals surface area contributed by atoms with Gasteiger partial charge in [0.05, 0.1) is 5.02 Å². The molecule has 40 heavy (non-hydrogen) atoms. The first kappa shape index (κ1) is 28.2. The van der Waals surface area contributed by atoms with E-state index in [0.29, 0.717) is 30.5 Å². The zero-order valence-corrected chi connectivity index (χ0v) is 24.3. The molecule has 5 rings (SSSR count). The normalized spacial score (nSPS) is 20.4. The summed E-state index contributed by atoms with van der Waals surface area (Å²) in [5, 5.41) is 9.26. The molecule has 6 nitrogen and oxygen atoms in total. The molecule has 0 saturated heterocycles. The van der Waals surface area contributed by atoms with E-state index in [1.54, 1.807) is 12.1 Å². The summed E-state index contributed by atoms with van der Waals surface area (Å²) < 4.78 is 5.34. The molecule has 0 atom stereocenters. The Morgan fingerprint density at radius 2 is 1.50 bits per heavy atom. The number of carbonyl (C=O) groups excluding carboxylic acids is 2. The van der Waals surface area contributed by atoms with Crippen LogP contribution in [0.4, 0.5) is 0 Å². The van der Waals surface area contributed by atoms with Gasteiger partial charge in [-0.15, -0.1) is 0 Å². The molecule has 2 aromatic carbocycles. The maximum Gasteiger partial charge on any atom is 0.341 e. The lowest BCUT2D eigenvalue weighted by molar-refractivity contribution is -0.139. The minimum absolute atomic E-state index is 0.0625. The molecule has 3 aliphatic rings. The van der Waals surface area contributed by atoms with E-state index in [1.807, 2.05) is 24.3 Å². The number of ether oxygens (including phenoxy) is 1. The molecule has 1 heterocycles. The summed E-state index contributed by atoms with van der Waals surface area (Å²) in [5.74, 6) is -1.24. The topological polar surface area (TPSA) is 83.9 Å². The molecule has 7 heteroatoms. The Labute approximate surface area is 240 Å². The lowest BCUT2D eigenvalue weighted by atomic mass is 9.63. The van der Waals surface area contributed by atoms with Crippen LogP contribution in [0, 0.1) is 10.8 Å². The van der Waals surface area contributed by atoms with Gasteiger partial charge in [-0.2, -0.15) is 0 Å². The van der Waals surface area contributed by atoms with Gasteiger partial charge in [0, 0.05) is 47.8 Å². The van der Waals surface area contributed by atoms with E-state index in [0.717, 1.165) is 36.2 Å². The number of carboxylic acids is 1. The van der Waals surface area contributed by atoms with E-state index >= 15 is 0 Å². The van der Waals surface area contributed by atoms with Gasteiger partial charge in [0.25, 0.3) is 0 Å². The molecule has 0 fully saturated rings. The van der Waals surface area contributed by atoms with Crippen molar-refractivity contribution in [3.63, 3.8) is 0 Å². The Hall–Kier alpha value is -3.38. The van der Waals surface area contributed by atoms with E-state index in [9.17, 15) is 14.4 Å². The number of ketones is 2. The third-order valence-electron chi connectivity index (χ3n) is 8.13. The highest BCUT2D eigenvalue weighted by Gasteiger charge is 2.48. The number of carboxylic acid groups (broad SMARTS) is 1. The van der Waals surface area contributed by atoms with E-state index in [2.05, 4.69) is 44.7 Å². The Balaban J connectivity index is 1.66. The fraction of sp³-hybridized carbons (Fsp3) is 0.424. The van der Waals surface area contributed by atoms with Crippen LogP contribution in [0.2, 0.25) is 5.02 Å². The van der Waals surface area contributed by atoms with E-state index < -0.39 is 18.5 Å². The summed E-state index contributed by atoms with van der Waals surface area (Å²) in [6.07, 6.45) is 3.08. The zero-order chi connectivity index (χ0) is 28.8. The van der Waals surface area contributed by atoms with Gasteiger partial charge in [0.15, 0.2) is 18.2 Å². The van der Waals surface area contributed by atoms with E-state index in [4.69, 9.17) is 21.4 Å². The number of hydrogen-bond donors (Lipinski definition) is 1. The van der Waals surface area contributed by atoms with Crippen molar-refractivity contribution in [1.82, 2.24) is 4.90 Å².